The molecule has 1 amide bonds. The Morgan fingerprint density at radius 1 is 1.38 bits per heavy atom. The summed E-state index contributed by atoms with van der Waals surface area (Å²) in [5.74, 6) is 0.660. The molecule has 0 aliphatic carbocycles. The number of likely N-dealkylation sites (N-methyl/N-ethyl adjacent to an activating group) is 1. The lowest BCUT2D eigenvalue weighted by molar-refractivity contribution is -0.127. The Balaban J connectivity index is 0. The number of unbranched alkanes of at least 4 members (excludes halogenated alkanes) is 2. The third-order valence-electron chi connectivity index (χ3n) is 2.91. The molecule has 0 radical (unpaired) electrons. The van der Waals surface area contributed by atoms with Gasteiger partial charge >= 0.3 is 0 Å². The summed E-state index contributed by atoms with van der Waals surface area (Å²) < 4.78 is 0. The smallest absolute Gasteiger partial charge is 0.243 e. The molecule has 0 aromatic carbocycles. The molecule has 0 aromatic heterocycles. The highest BCUT2D eigenvalue weighted by Gasteiger charge is 2.07. The maximum Gasteiger partial charge on any atom is 0.243 e. The zero-order chi connectivity index (χ0) is 15.4. The van der Waals surface area contributed by atoms with E-state index in [2.05, 4.69) is 36.1 Å². The highest BCUT2D eigenvalue weighted by atomic mass is 127. The Kier molecular flexibility index (Phi) is 15.2. The van der Waals surface area contributed by atoms with Crippen molar-refractivity contribution in [3.05, 3.63) is 12.7 Å². The molecule has 0 bridgehead atoms. The van der Waals surface area contributed by atoms with Gasteiger partial charge in [-0.2, -0.15) is 0 Å². The molecular weight excluding hydrogens is 379 g/mol. The molecular formula is C15H31IN4O. The Bertz CT molecular complexity index is 319. The number of carbonyl (C=O) groups is 1. The van der Waals surface area contributed by atoms with Crippen molar-refractivity contribution in [2.45, 2.75) is 45.6 Å². The van der Waals surface area contributed by atoms with E-state index in [9.17, 15) is 4.79 Å². The summed E-state index contributed by atoms with van der Waals surface area (Å²) >= 11 is 0. The molecule has 0 heterocycles. The summed E-state index contributed by atoms with van der Waals surface area (Å²) in [5, 5.41) is 6.46. The number of nitrogens with one attached hydrogen (secondary N) is 2. The number of hydrogen-bond acceptors (Lipinski definition) is 2. The van der Waals surface area contributed by atoms with Crippen molar-refractivity contribution < 1.29 is 4.79 Å². The zero-order valence-electron chi connectivity index (χ0n) is 13.8. The van der Waals surface area contributed by atoms with Crippen LogP contribution in [-0.2, 0) is 4.79 Å². The monoisotopic (exact) mass is 410 g/mol. The van der Waals surface area contributed by atoms with Gasteiger partial charge in [-0.05, 0) is 13.3 Å². The van der Waals surface area contributed by atoms with Gasteiger partial charge in [0.25, 0.3) is 0 Å². The summed E-state index contributed by atoms with van der Waals surface area (Å²) in [5.41, 5.74) is 0. The molecule has 0 aliphatic heterocycles. The molecule has 0 rings (SSSR count). The van der Waals surface area contributed by atoms with E-state index >= 15 is 0 Å². The normalized spacial score (nSPS) is 12.1. The van der Waals surface area contributed by atoms with Crippen molar-refractivity contribution in [3.8, 4) is 0 Å². The van der Waals surface area contributed by atoms with Crippen LogP contribution in [0.15, 0.2) is 17.6 Å². The highest BCUT2D eigenvalue weighted by molar-refractivity contribution is 14.0. The van der Waals surface area contributed by atoms with Crippen molar-refractivity contribution in [2.75, 3.05) is 27.2 Å². The number of amides is 1. The predicted octanol–water partition coefficient (Wildman–Crippen LogP) is 2.38. The van der Waals surface area contributed by atoms with Crippen LogP contribution in [-0.4, -0.2) is 50.0 Å². The largest absolute Gasteiger partial charge is 0.354 e. The molecule has 0 saturated carbocycles. The van der Waals surface area contributed by atoms with Gasteiger partial charge in [0.1, 0.15) is 6.54 Å². The second-order valence-electron chi connectivity index (χ2n) is 5.16. The number of aliphatic imine (C=N–C) groups is 1. The lowest BCUT2D eigenvalue weighted by atomic mass is 10.1. The highest BCUT2D eigenvalue weighted by Crippen LogP contribution is 2.02. The maximum absolute atomic E-state index is 11.6. The van der Waals surface area contributed by atoms with Gasteiger partial charge in [-0.1, -0.05) is 32.3 Å². The topological polar surface area (TPSA) is 56.7 Å². The number of nitrogens with zero attached hydrogens (tertiary/aromatic N) is 2. The molecule has 1 unspecified atom stereocenters. The van der Waals surface area contributed by atoms with Crippen LogP contribution in [0.2, 0.25) is 0 Å². The quantitative estimate of drug-likeness (QED) is 0.202. The number of rotatable bonds is 9. The third-order valence-corrected chi connectivity index (χ3v) is 2.91. The molecule has 0 aliphatic rings. The van der Waals surface area contributed by atoms with Crippen LogP contribution in [0.25, 0.3) is 0 Å². The minimum Gasteiger partial charge on any atom is -0.354 e. The first-order valence-electron chi connectivity index (χ1n) is 7.37. The first kappa shape index (κ1) is 22.5. The molecule has 6 heteroatoms. The first-order valence-corrected chi connectivity index (χ1v) is 7.37. The second-order valence-corrected chi connectivity index (χ2v) is 5.16. The summed E-state index contributed by atoms with van der Waals surface area (Å²) in [7, 11) is 3.46. The fourth-order valence-electron chi connectivity index (χ4n) is 1.62. The Hall–Kier alpha value is -0.790. The predicted molar refractivity (Wildman–Crippen MR) is 101 cm³/mol. The molecule has 2 N–H and O–H groups in total. The first-order chi connectivity index (χ1) is 9.51. The molecule has 1 atom stereocenters. The van der Waals surface area contributed by atoms with Crippen LogP contribution in [0.3, 0.4) is 0 Å². The van der Waals surface area contributed by atoms with E-state index < -0.39 is 0 Å². The van der Waals surface area contributed by atoms with E-state index in [0.717, 1.165) is 6.42 Å². The van der Waals surface area contributed by atoms with Gasteiger partial charge in [-0.15, -0.1) is 30.6 Å². The molecule has 5 nitrogen and oxygen atoms in total. The van der Waals surface area contributed by atoms with Crippen molar-refractivity contribution >= 4 is 35.8 Å². The molecule has 21 heavy (non-hydrogen) atoms. The van der Waals surface area contributed by atoms with Gasteiger partial charge in [0.15, 0.2) is 5.96 Å². The minimum atomic E-state index is -0.0108. The van der Waals surface area contributed by atoms with Crippen molar-refractivity contribution in [2.24, 2.45) is 4.99 Å². The minimum absolute atomic E-state index is 0. The Morgan fingerprint density at radius 3 is 2.57 bits per heavy atom. The average Bonchev–Trinajstić information content (AvgIpc) is 2.41. The standard InChI is InChI=1S/C15H30N4O.HI/c1-6-8-9-10-13(3)18-15(16-11-7-2)17-12-14(20)19(4)5;/h7,13H,2,6,8-12H2,1,3-5H3,(H2,16,17,18);1H. The van der Waals surface area contributed by atoms with Crippen LogP contribution in [0.4, 0.5) is 0 Å². The van der Waals surface area contributed by atoms with Crippen LogP contribution in [0.1, 0.15) is 39.5 Å². The molecule has 0 spiro atoms. The molecule has 124 valence electrons. The maximum atomic E-state index is 11.6. The van der Waals surface area contributed by atoms with Gasteiger partial charge in [0, 0.05) is 26.7 Å². The summed E-state index contributed by atoms with van der Waals surface area (Å²) in [6, 6.07) is 0.340. The van der Waals surface area contributed by atoms with Crippen LogP contribution >= 0.6 is 24.0 Å². The van der Waals surface area contributed by atoms with Gasteiger partial charge in [0.2, 0.25) is 5.91 Å². The average molecular weight is 410 g/mol. The van der Waals surface area contributed by atoms with Gasteiger partial charge in [-0.3, -0.25) is 4.79 Å². The SMILES string of the molecule is C=CCNC(=NCC(=O)N(C)C)NC(C)CCCCC.I. The van der Waals surface area contributed by atoms with Gasteiger partial charge in [-0.25, -0.2) is 4.99 Å². The number of carbonyl (C=O) groups excluding carboxylic acids is 1. The molecule has 0 saturated heterocycles. The summed E-state index contributed by atoms with van der Waals surface area (Å²) in [6.45, 7) is 8.79. The van der Waals surface area contributed by atoms with Crippen molar-refractivity contribution in [1.82, 2.24) is 15.5 Å². The Morgan fingerprint density at radius 2 is 2.05 bits per heavy atom. The van der Waals surface area contributed by atoms with Crippen LogP contribution in [0, 0.1) is 0 Å². The van der Waals surface area contributed by atoms with Crippen molar-refractivity contribution in [3.63, 3.8) is 0 Å². The fourth-order valence-corrected chi connectivity index (χ4v) is 1.62. The lowest BCUT2D eigenvalue weighted by Gasteiger charge is -2.18. The van der Waals surface area contributed by atoms with Gasteiger partial charge < -0.3 is 15.5 Å². The third kappa shape index (κ3) is 12.6. The molecule has 0 aromatic rings. The van der Waals surface area contributed by atoms with Crippen LogP contribution < -0.4 is 10.6 Å². The van der Waals surface area contributed by atoms with E-state index in [0.29, 0.717) is 18.5 Å². The zero-order valence-corrected chi connectivity index (χ0v) is 16.1. The van der Waals surface area contributed by atoms with E-state index in [4.69, 9.17) is 0 Å². The summed E-state index contributed by atoms with van der Waals surface area (Å²) in [6.07, 6.45) is 6.55. The molecule has 0 fully saturated rings. The number of guanidine groups is 1. The number of halogens is 1. The fraction of sp³-hybridized carbons (Fsp3) is 0.733. The Labute approximate surface area is 146 Å². The van der Waals surface area contributed by atoms with E-state index in [-0.39, 0.29) is 36.4 Å². The van der Waals surface area contributed by atoms with Crippen molar-refractivity contribution in [1.29, 1.82) is 0 Å². The second kappa shape index (κ2) is 14.2. The van der Waals surface area contributed by atoms with Gasteiger partial charge in [0.05, 0.1) is 0 Å². The van der Waals surface area contributed by atoms with E-state index in [1.807, 2.05) is 0 Å². The van der Waals surface area contributed by atoms with E-state index in [1.54, 1.807) is 25.1 Å². The number of hydrogen-bond donors (Lipinski definition) is 2. The summed E-state index contributed by atoms with van der Waals surface area (Å²) in [4.78, 5) is 17.4. The van der Waals surface area contributed by atoms with Crippen LogP contribution in [0.5, 0.6) is 0 Å². The van der Waals surface area contributed by atoms with E-state index in [1.165, 1.54) is 19.3 Å². The lowest BCUT2D eigenvalue weighted by Crippen LogP contribution is -2.43.